The van der Waals surface area contributed by atoms with E-state index in [1.54, 1.807) is 7.11 Å². The molecule has 4 nitrogen and oxygen atoms in total. The van der Waals surface area contributed by atoms with Gasteiger partial charge in [-0.15, -0.1) is 0 Å². The summed E-state index contributed by atoms with van der Waals surface area (Å²) < 4.78 is 5.11. The molecular formula is C13H19N3O. The van der Waals surface area contributed by atoms with Crippen molar-refractivity contribution in [3.63, 3.8) is 0 Å². The van der Waals surface area contributed by atoms with Gasteiger partial charge in [0.15, 0.2) is 0 Å². The second-order valence-electron chi connectivity index (χ2n) is 4.38. The van der Waals surface area contributed by atoms with Gasteiger partial charge in [0, 0.05) is 13.2 Å². The molecule has 1 heterocycles. The van der Waals surface area contributed by atoms with Crippen LogP contribution in [0.4, 0.5) is 0 Å². The highest BCUT2D eigenvalue weighted by Gasteiger charge is 2.12. The van der Waals surface area contributed by atoms with Crippen LogP contribution in [-0.4, -0.2) is 29.7 Å². The minimum atomic E-state index is 0.188. The Bertz CT molecular complexity index is 447. The van der Waals surface area contributed by atoms with E-state index in [4.69, 9.17) is 4.74 Å². The molecule has 0 radical (unpaired) electrons. The van der Waals surface area contributed by atoms with Crippen LogP contribution >= 0.6 is 0 Å². The third kappa shape index (κ3) is 2.84. The molecule has 4 heteroatoms. The lowest BCUT2D eigenvalue weighted by molar-refractivity contribution is 0.167. The Labute approximate surface area is 101 Å². The predicted octanol–water partition coefficient (Wildman–Crippen LogP) is 2.25. The lowest BCUT2D eigenvalue weighted by Gasteiger charge is -2.17. The molecule has 0 spiro atoms. The topological polar surface area (TPSA) is 49.9 Å². The van der Waals surface area contributed by atoms with E-state index < -0.39 is 0 Å². The van der Waals surface area contributed by atoms with Gasteiger partial charge in [-0.05, 0) is 26.0 Å². The summed E-state index contributed by atoms with van der Waals surface area (Å²) in [6, 6.07) is 8.56. The first-order valence-electron chi connectivity index (χ1n) is 5.90. The normalized spacial score (nSPS) is 15.0. The Morgan fingerprint density at radius 2 is 2.12 bits per heavy atom. The second kappa shape index (κ2) is 5.29. The average Bonchev–Trinajstić information content (AvgIpc) is 2.72. The maximum Gasteiger partial charge on any atom is 0.124 e. The zero-order valence-electron chi connectivity index (χ0n) is 10.5. The summed E-state index contributed by atoms with van der Waals surface area (Å²) in [6.07, 6.45) is 0. The molecule has 92 valence electrons. The molecule has 0 saturated carbocycles. The number of aromatic amines is 1. The van der Waals surface area contributed by atoms with E-state index in [1.807, 2.05) is 24.3 Å². The second-order valence-corrected chi connectivity index (χ2v) is 4.38. The van der Waals surface area contributed by atoms with Crippen LogP contribution in [0, 0.1) is 0 Å². The largest absolute Gasteiger partial charge is 0.383 e. The Morgan fingerprint density at radius 1 is 1.35 bits per heavy atom. The van der Waals surface area contributed by atoms with Gasteiger partial charge >= 0.3 is 0 Å². The minimum absolute atomic E-state index is 0.188. The highest BCUT2D eigenvalue weighted by Crippen LogP contribution is 2.15. The van der Waals surface area contributed by atoms with Gasteiger partial charge < -0.3 is 15.0 Å². The fourth-order valence-corrected chi connectivity index (χ4v) is 1.98. The first-order valence-corrected chi connectivity index (χ1v) is 5.90. The Balaban J connectivity index is 2.10. The van der Waals surface area contributed by atoms with Crippen molar-refractivity contribution in [2.75, 3.05) is 13.7 Å². The third-order valence-electron chi connectivity index (χ3n) is 2.77. The molecule has 0 amide bonds. The van der Waals surface area contributed by atoms with Crippen LogP contribution in [0.5, 0.6) is 0 Å². The fourth-order valence-electron chi connectivity index (χ4n) is 1.98. The number of hydrogen-bond donors (Lipinski definition) is 2. The van der Waals surface area contributed by atoms with Gasteiger partial charge in [0.05, 0.1) is 23.7 Å². The highest BCUT2D eigenvalue weighted by atomic mass is 16.5. The summed E-state index contributed by atoms with van der Waals surface area (Å²) >= 11 is 0. The van der Waals surface area contributed by atoms with E-state index in [1.165, 1.54) is 0 Å². The Morgan fingerprint density at radius 3 is 2.82 bits per heavy atom. The first kappa shape index (κ1) is 12.1. The molecule has 2 rings (SSSR count). The predicted molar refractivity (Wildman–Crippen MR) is 69.0 cm³/mol. The van der Waals surface area contributed by atoms with Gasteiger partial charge in [0.1, 0.15) is 5.82 Å². The molecule has 0 saturated heterocycles. The Hall–Kier alpha value is -1.39. The summed E-state index contributed by atoms with van der Waals surface area (Å²) in [5.41, 5.74) is 2.09. The van der Waals surface area contributed by atoms with Crippen LogP contribution in [0.1, 0.15) is 25.7 Å². The lowest BCUT2D eigenvalue weighted by atomic mass is 10.2. The number of benzene rings is 1. The molecule has 2 aromatic rings. The average molecular weight is 233 g/mol. The quantitative estimate of drug-likeness (QED) is 0.832. The van der Waals surface area contributed by atoms with Crippen LogP contribution in [0.3, 0.4) is 0 Å². The zero-order chi connectivity index (χ0) is 12.3. The number of fused-ring (bicyclic) bond motifs is 1. The molecule has 2 atom stereocenters. The van der Waals surface area contributed by atoms with Crippen molar-refractivity contribution in [2.45, 2.75) is 25.9 Å². The number of imidazole rings is 1. The molecule has 1 aromatic heterocycles. The van der Waals surface area contributed by atoms with E-state index in [-0.39, 0.29) is 6.04 Å². The molecule has 17 heavy (non-hydrogen) atoms. The maximum atomic E-state index is 5.11. The summed E-state index contributed by atoms with van der Waals surface area (Å²) in [5, 5.41) is 3.44. The summed E-state index contributed by atoms with van der Waals surface area (Å²) in [5.74, 6) is 0.967. The standard InChI is InChI=1S/C13H19N3O/c1-9(8-17-3)14-10(2)13-15-11-6-4-5-7-12(11)16-13/h4-7,9-10,14H,8H2,1-3H3,(H,15,16). The summed E-state index contributed by atoms with van der Waals surface area (Å²) in [7, 11) is 1.71. The first-order chi connectivity index (χ1) is 8.20. The molecule has 2 N–H and O–H groups in total. The van der Waals surface area contributed by atoms with Crippen LogP contribution in [0.2, 0.25) is 0 Å². The minimum Gasteiger partial charge on any atom is -0.383 e. The molecule has 1 aromatic carbocycles. The van der Waals surface area contributed by atoms with Crippen molar-refractivity contribution in [3.8, 4) is 0 Å². The molecule has 2 unspecified atom stereocenters. The van der Waals surface area contributed by atoms with Crippen molar-refractivity contribution >= 4 is 11.0 Å². The number of H-pyrrole nitrogens is 1. The number of aromatic nitrogens is 2. The number of para-hydroxylation sites is 2. The SMILES string of the molecule is COCC(C)NC(C)c1nc2ccccc2[nH]1. The van der Waals surface area contributed by atoms with E-state index in [0.29, 0.717) is 12.6 Å². The smallest absolute Gasteiger partial charge is 0.124 e. The molecule has 0 aliphatic heterocycles. The highest BCUT2D eigenvalue weighted by molar-refractivity contribution is 5.74. The van der Waals surface area contributed by atoms with Gasteiger partial charge in [0.2, 0.25) is 0 Å². The van der Waals surface area contributed by atoms with Crippen molar-refractivity contribution in [3.05, 3.63) is 30.1 Å². The molecule has 0 aliphatic carbocycles. The van der Waals surface area contributed by atoms with Gasteiger partial charge in [0.25, 0.3) is 0 Å². The van der Waals surface area contributed by atoms with Crippen molar-refractivity contribution in [1.82, 2.24) is 15.3 Å². The number of nitrogens with one attached hydrogen (secondary N) is 2. The zero-order valence-corrected chi connectivity index (χ0v) is 10.5. The molecule has 0 bridgehead atoms. The van der Waals surface area contributed by atoms with Gasteiger partial charge in [-0.3, -0.25) is 0 Å². The molecular weight excluding hydrogens is 214 g/mol. The summed E-state index contributed by atoms with van der Waals surface area (Å²) in [4.78, 5) is 7.90. The fraction of sp³-hybridized carbons (Fsp3) is 0.462. The van der Waals surface area contributed by atoms with Crippen molar-refractivity contribution in [2.24, 2.45) is 0 Å². The van der Waals surface area contributed by atoms with E-state index >= 15 is 0 Å². The monoisotopic (exact) mass is 233 g/mol. The molecule has 0 fully saturated rings. The van der Waals surface area contributed by atoms with E-state index in [2.05, 4.69) is 29.1 Å². The van der Waals surface area contributed by atoms with Crippen molar-refractivity contribution in [1.29, 1.82) is 0 Å². The van der Waals surface area contributed by atoms with Crippen molar-refractivity contribution < 1.29 is 4.74 Å². The number of hydrogen-bond acceptors (Lipinski definition) is 3. The van der Waals surface area contributed by atoms with Crippen LogP contribution < -0.4 is 5.32 Å². The van der Waals surface area contributed by atoms with Gasteiger partial charge in [-0.25, -0.2) is 4.98 Å². The number of rotatable bonds is 5. The lowest BCUT2D eigenvalue weighted by Crippen LogP contribution is -2.32. The van der Waals surface area contributed by atoms with Crippen LogP contribution in [0.25, 0.3) is 11.0 Å². The molecule has 0 aliphatic rings. The van der Waals surface area contributed by atoms with E-state index in [9.17, 15) is 0 Å². The van der Waals surface area contributed by atoms with E-state index in [0.717, 1.165) is 16.9 Å². The third-order valence-corrected chi connectivity index (χ3v) is 2.77. The maximum absolute atomic E-state index is 5.11. The summed E-state index contributed by atoms with van der Waals surface area (Å²) in [6.45, 7) is 4.90. The van der Waals surface area contributed by atoms with Gasteiger partial charge in [-0.1, -0.05) is 12.1 Å². The number of methoxy groups -OCH3 is 1. The number of ether oxygens (including phenoxy) is 1. The van der Waals surface area contributed by atoms with Gasteiger partial charge in [-0.2, -0.15) is 0 Å². The van der Waals surface area contributed by atoms with Crippen LogP contribution in [0.15, 0.2) is 24.3 Å². The van der Waals surface area contributed by atoms with Crippen LogP contribution in [-0.2, 0) is 4.74 Å². The number of nitrogens with zero attached hydrogens (tertiary/aromatic N) is 1. The Kier molecular flexibility index (Phi) is 3.76.